The third-order valence-electron chi connectivity index (χ3n) is 2.74. The molecule has 0 atom stereocenters. The Hall–Kier alpha value is 0.460. The monoisotopic (exact) mass is 386 g/mol. The topological polar surface area (TPSA) is 55.4 Å². The van der Waals surface area contributed by atoms with Crippen LogP contribution in [0.5, 0.6) is 0 Å². The molecule has 0 unspecified atom stereocenters. The molecule has 146 valence electrons. The van der Waals surface area contributed by atoms with Crippen molar-refractivity contribution in [2.75, 3.05) is 51.1 Å². The number of hydrogen-bond acceptors (Lipinski definition) is 8. The molecule has 0 N–H and O–H groups in total. The summed E-state index contributed by atoms with van der Waals surface area (Å²) in [6, 6.07) is 0. The lowest BCUT2D eigenvalue weighted by Gasteiger charge is -2.33. The minimum absolute atomic E-state index is 0.520. The molecule has 0 aromatic carbocycles. The SMILES string of the molecule is CCOC(CSSCC(OCC)(OCC)OCC)(OCC)OCC. The van der Waals surface area contributed by atoms with Crippen molar-refractivity contribution in [2.24, 2.45) is 0 Å². The van der Waals surface area contributed by atoms with Crippen molar-refractivity contribution in [1.82, 2.24) is 0 Å². The molecule has 6 nitrogen and oxygen atoms in total. The van der Waals surface area contributed by atoms with Gasteiger partial charge in [-0.1, -0.05) is 21.6 Å². The lowest BCUT2D eigenvalue weighted by atomic mass is 10.6. The van der Waals surface area contributed by atoms with Crippen molar-refractivity contribution in [3.63, 3.8) is 0 Å². The highest BCUT2D eigenvalue weighted by Crippen LogP contribution is 2.34. The zero-order valence-electron chi connectivity index (χ0n) is 15.9. The van der Waals surface area contributed by atoms with Crippen molar-refractivity contribution in [1.29, 1.82) is 0 Å². The van der Waals surface area contributed by atoms with E-state index in [1.807, 2.05) is 41.5 Å². The predicted molar refractivity (Wildman–Crippen MR) is 100 cm³/mol. The standard InChI is InChI=1S/C16H34O6S2/c1-7-17-15(18-8-2,19-9-3)13-23-24-14-16(20-10-4,21-11-5)22-12-6/h7-14H2,1-6H3. The average molecular weight is 387 g/mol. The Labute approximate surface area is 155 Å². The molecule has 8 heteroatoms. The molecule has 0 spiro atoms. The number of hydrogen-bond donors (Lipinski definition) is 0. The molecule has 0 rings (SSSR count). The largest absolute Gasteiger partial charge is 0.327 e. The molecule has 0 heterocycles. The number of ether oxygens (including phenoxy) is 6. The highest BCUT2D eigenvalue weighted by molar-refractivity contribution is 8.76. The van der Waals surface area contributed by atoms with Crippen LogP contribution in [0, 0.1) is 0 Å². The molecule has 0 fully saturated rings. The fourth-order valence-electron chi connectivity index (χ4n) is 2.05. The summed E-state index contributed by atoms with van der Waals surface area (Å²) < 4.78 is 34.3. The van der Waals surface area contributed by atoms with Gasteiger partial charge in [-0.15, -0.1) is 0 Å². The van der Waals surface area contributed by atoms with E-state index < -0.39 is 11.9 Å². The van der Waals surface area contributed by atoms with E-state index in [-0.39, 0.29) is 0 Å². The summed E-state index contributed by atoms with van der Waals surface area (Å²) >= 11 is 0. The zero-order chi connectivity index (χ0) is 18.3. The first-order chi connectivity index (χ1) is 11.6. The Balaban J connectivity index is 4.64. The van der Waals surface area contributed by atoms with Crippen molar-refractivity contribution in [2.45, 2.75) is 53.5 Å². The van der Waals surface area contributed by atoms with E-state index >= 15 is 0 Å². The summed E-state index contributed by atoms with van der Waals surface area (Å²) in [6.07, 6.45) is 0. The van der Waals surface area contributed by atoms with Crippen molar-refractivity contribution in [3.05, 3.63) is 0 Å². The lowest BCUT2D eigenvalue weighted by molar-refractivity contribution is -0.363. The Morgan fingerprint density at radius 3 is 0.833 bits per heavy atom. The van der Waals surface area contributed by atoms with E-state index in [2.05, 4.69) is 0 Å². The molecule has 0 amide bonds. The van der Waals surface area contributed by atoms with Gasteiger partial charge in [0.2, 0.25) is 0 Å². The maximum Gasteiger partial charge on any atom is 0.293 e. The van der Waals surface area contributed by atoms with Crippen molar-refractivity contribution < 1.29 is 28.4 Å². The van der Waals surface area contributed by atoms with Gasteiger partial charge >= 0.3 is 0 Å². The molecular formula is C16H34O6S2. The van der Waals surface area contributed by atoms with Crippen LogP contribution < -0.4 is 0 Å². The summed E-state index contributed by atoms with van der Waals surface area (Å²) in [5.41, 5.74) is 0. The molecule has 0 aliphatic rings. The Morgan fingerprint density at radius 2 is 0.667 bits per heavy atom. The molecule has 0 aliphatic carbocycles. The van der Waals surface area contributed by atoms with Crippen molar-refractivity contribution in [3.8, 4) is 0 Å². The van der Waals surface area contributed by atoms with Crippen LogP contribution in [0.4, 0.5) is 0 Å². The summed E-state index contributed by atoms with van der Waals surface area (Å²) in [5.74, 6) is -0.954. The maximum atomic E-state index is 5.71. The van der Waals surface area contributed by atoms with Crippen LogP contribution in [-0.4, -0.2) is 63.1 Å². The van der Waals surface area contributed by atoms with Crippen LogP contribution in [0.25, 0.3) is 0 Å². The normalized spacial score (nSPS) is 12.8. The Morgan fingerprint density at radius 1 is 0.458 bits per heavy atom. The zero-order valence-corrected chi connectivity index (χ0v) is 17.6. The van der Waals surface area contributed by atoms with Gasteiger partial charge in [-0.25, -0.2) is 0 Å². The van der Waals surface area contributed by atoms with Gasteiger partial charge in [0.1, 0.15) is 0 Å². The fourth-order valence-corrected chi connectivity index (χ4v) is 4.37. The van der Waals surface area contributed by atoms with Crippen LogP contribution in [0.1, 0.15) is 41.5 Å². The van der Waals surface area contributed by atoms with Gasteiger partial charge in [0.25, 0.3) is 11.9 Å². The summed E-state index contributed by atoms with van der Waals surface area (Å²) in [7, 11) is 3.17. The Kier molecular flexibility index (Phi) is 14.9. The summed E-state index contributed by atoms with van der Waals surface area (Å²) in [4.78, 5) is 0. The molecule has 24 heavy (non-hydrogen) atoms. The van der Waals surface area contributed by atoms with E-state index in [0.29, 0.717) is 51.1 Å². The van der Waals surface area contributed by atoms with Crippen LogP contribution in [0.2, 0.25) is 0 Å². The van der Waals surface area contributed by atoms with Crippen LogP contribution >= 0.6 is 21.6 Å². The third-order valence-corrected chi connectivity index (χ3v) is 5.06. The van der Waals surface area contributed by atoms with E-state index in [9.17, 15) is 0 Å². The quantitative estimate of drug-likeness (QED) is 0.212. The molecule has 0 saturated heterocycles. The summed E-state index contributed by atoms with van der Waals surface area (Å²) in [5, 5.41) is 0. The molecular weight excluding hydrogens is 352 g/mol. The fraction of sp³-hybridized carbons (Fsp3) is 1.00. The molecule has 0 aromatic heterocycles. The van der Waals surface area contributed by atoms with E-state index in [1.54, 1.807) is 21.6 Å². The van der Waals surface area contributed by atoms with E-state index in [4.69, 9.17) is 28.4 Å². The van der Waals surface area contributed by atoms with Crippen LogP contribution in [-0.2, 0) is 28.4 Å². The first-order valence-electron chi connectivity index (χ1n) is 8.65. The summed E-state index contributed by atoms with van der Waals surface area (Å²) in [6.45, 7) is 14.7. The van der Waals surface area contributed by atoms with Gasteiger partial charge in [-0.2, -0.15) is 0 Å². The first kappa shape index (κ1) is 24.5. The second-order valence-corrected chi connectivity index (χ2v) is 6.95. The highest BCUT2D eigenvalue weighted by Gasteiger charge is 2.36. The third kappa shape index (κ3) is 9.24. The van der Waals surface area contributed by atoms with Gasteiger partial charge in [-0.05, 0) is 41.5 Å². The van der Waals surface area contributed by atoms with Gasteiger partial charge in [0, 0.05) is 39.6 Å². The van der Waals surface area contributed by atoms with Gasteiger partial charge in [0.15, 0.2) is 0 Å². The minimum atomic E-state index is -1.01. The molecule has 0 bridgehead atoms. The second-order valence-electron chi connectivity index (χ2n) is 4.49. The second kappa shape index (κ2) is 14.6. The maximum absolute atomic E-state index is 5.71. The smallest absolute Gasteiger partial charge is 0.293 e. The Bertz CT molecular complexity index is 232. The molecule has 0 radical (unpaired) electrons. The van der Waals surface area contributed by atoms with Gasteiger partial charge in [-0.3, -0.25) is 0 Å². The minimum Gasteiger partial charge on any atom is -0.327 e. The molecule has 0 aromatic rings. The lowest BCUT2D eigenvalue weighted by Crippen LogP contribution is -2.43. The van der Waals surface area contributed by atoms with Crippen molar-refractivity contribution >= 4 is 21.6 Å². The predicted octanol–water partition coefficient (Wildman–Crippen LogP) is 3.89. The molecule has 0 saturated carbocycles. The highest BCUT2D eigenvalue weighted by atomic mass is 33.1. The van der Waals surface area contributed by atoms with E-state index in [1.165, 1.54) is 0 Å². The first-order valence-corrected chi connectivity index (χ1v) is 11.1. The molecule has 0 aliphatic heterocycles. The van der Waals surface area contributed by atoms with E-state index in [0.717, 1.165) is 0 Å². The van der Waals surface area contributed by atoms with Gasteiger partial charge < -0.3 is 28.4 Å². The van der Waals surface area contributed by atoms with Crippen LogP contribution in [0.15, 0.2) is 0 Å². The number of rotatable bonds is 17. The van der Waals surface area contributed by atoms with Gasteiger partial charge in [0.05, 0.1) is 11.5 Å². The average Bonchev–Trinajstić information content (AvgIpc) is 2.53. The van der Waals surface area contributed by atoms with Crippen LogP contribution in [0.3, 0.4) is 0 Å².